The molecule has 1 aromatic rings. The molecule has 0 amide bonds. The molecule has 1 atom stereocenters. The lowest BCUT2D eigenvalue weighted by Gasteiger charge is -2.17. The molecule has 0 bridgehead atoms. The van der Waals surface area contributed by atoms with Crippen molar-refractivity contribution in [3.05, 3.63) is 17.7 Å². The molecule has 0 radical (unpaired) electrons. The molecule has 5 nitrogen and oxygen atoms in total. The molecule has 0 spiro atoms. The molecule has 0 aliphatic carbocycles. The first-order chi connectivity index (χ1) is 8.17. The van der Waals surface area contributed by atoms with Crippen LogP contribution < -0.4 is 14.2 Å². The number of aliphatic hydroxyl groups excluding tert-OH is 1. The van der Waals surface area contributed by atoms with Crippen LogP contribution in [0.4, 0.5) is 0 Å². The molecular weight excluding hydrogens is 224 g/mol. The van der Waals surface area contributed by atoms with Crippen molar-refractivity contribution in [2.24, 2.45) is 0 Å². The van der Waals surface area contributed by atoms with E-state index in [9.17, 15) is 5.11 Å². The molecule has 1 unspecified atom stereocenters. The van der Waals surface area contributed by atoms with Gasteiger partial charge in [-0.25, -0.2) is 0 Å². The molecule has 0 aliphatic heterocycles. The Morgan fingerprint density at radius 3 is 1.94 bits per heavy atom. The van der Waals surface area contributed by atoms with E-state index in [2.05, 4.69) is 0 Å². The fourth-order valence-corrected chi connectivity index (χ4v) is 1.56. The number of methoxy groups -OCH3 is 4. The molecule has 0 heterocycles. The molecule has 0 aromatic heterocycles. The van der Waals surface area contributed by atoms with Crippen LogP contribution in [0, 0.1) is 0 Å². The number of rotatable bonds is 6. The van der Waals surface area contributed by atoms with Crippen molar-refractivity contribution in [1.82, 2.24) is 0 Å². The lowest BCUT2D eigenvalue weighted by Crippen LogP contribution is -2.07. The third kappa shape index (κ3) is 3.01. The second-order valence-corrected chi connectivity index (χ2v) is 3.42. The third-order valence-corrected chi connectivity index (χ3v) is 2.42. The van der Waals surface area contributed by atoms with E-state index in [4.69, 9.17) is 18.9 Å². The Hall–Kier alpha value is -1.46. The highest BCUT2D eigenvalue weighted by molar-refractivity contribution is 5.51. The molecule has 17 heavy (non-hydrogen) atoms. The van der Waals surface area contributed by atoms with Gasteiger partial charge in [-0.1, -0.05) is 0 Å². The van der Waals surface area contributed by atoms with Crippen molar-refractivity contribution in [1.29, 1.82) is 0 Å². The van der Waals surface area contributed by atoms with Crippen LogP contribution in [0.15, 0.2) is 12.1 Å². The number of ether oxygens (including phenoxy) is 4. The van der Waals surface area contributed by atoms with Gasteiger partial charge in [-0.05, 0) is 6.07 Å². The minimum Gasteiger partial charge on any atom is -0.496 e. The Balaban J connectivity index is 3.18. The molecule has 5 heteroatoms. The monoisotopic (exact) mass is 242 g/mol. The van der Waals surface area contributed by atoms with Gasteiger partial charge in [0.25, 0.3) is 0 Å². The summed E-state index contributed by atoms with van der Waals surface area (Å²) in [5.41, 5.74) is 0.604. The number of hydrogen-bond donors (Lipinski definition) is 1. The van der Waals surface area contributed by atoms with Crippen LogP contribution in [0.1, 0.15) is 11.7 Å². The summed E-state index contributed by atoms with van der Waals surface area (Å²) in [7, 11) is 6.14. The fraction of sp³-hybridized carbons (Fsp3) is 0.500. The highest BCUT2D eigenvalue weighted by Gasteiger charge is 2.17. The Morgan fingerprint density at radius 2 is 1.47 bits per heavy atom. The Bertz CT molecular complexity index is 364. The Morgan fingerprint density at radius 1 is 0.941 bits per heavy atom. The minimum atomic E-state index is -0.769. The highest BCUT2D eigenvalue weighted by atomic mass is 16.5. The zero-order valence-corrected chi connectivity index (χ0v) is 10.5. The molecule has 0 saturated carbocycles. The first-order valence-electron chi connectivity index (χ1n) is 5.14. The quantitative estimate of drug-likeness (QED) is 0.817. The second-order valence-electron chi connectivity index (χ2n) is 3.42. The van der Waals surface area contributed by atoms with Gasteiger partial charge in [-0.3, -0.25) is 0 Å². The van der Waals surface area contributed by atoms with Crippen molar-refractivity contribution >= 4 is 0 Å². The van der Waals surface area contributed by atoms with Gasteiger partial charge in [-0.15, -0.1) is 0 Å². The average Bonchev–Trinajstić information content (AvgIpc) is 2.37. The number of aliphatic hydroxyl groups is 1. The highest BCUT2D eigenvalue weighted by Crippen LogP contribution is 2.37. The second kappa shape index (κ2) is 6.32. The van der Waals surface area contributed by atoms with Gasteiger partial charge in [-0.2, -0.15) is 0 Å². The summed E-state index contributed by atoms with van der Waals surface area (Å²) in [6.07, 6.45) is -0.769. The van der Waals surface area contributed by atoms with Gasteiger partial charge < -0.3 is 24.1 Å². The first-order valence-corrected chi connectivity index (χ1v) is 5.14. The molecule has 1 aromatic carbocycles. The topological polar surface area (TPSA) is 57.2 Å². The first kappa shape index (κ1) is 13.6. The van der Waals surface area contributed by atoms with Crippen LogP contribution in [0.5, 0.6) is 17.2 Å². The van der Waals surface area contributed by atoms with Crippen molar-refractivity contribution < 1.29 is 24.1 Å². The normalized spacial score (nSPS) is 12.1. The van der Waals surface area contributed by atoms with Crippen LogP contribution >= 0.6 is 0 Å². The molecule has 0 aliphatic rings. The molecule has 0 fully saturated rings. The standard InChI is InChI=1S/C12H18O5/c1-14-7-9(13)8-5-11(16-3)12(17-4)6-10(8)15-2/h5-6,9,13H,7H2,1-4H3. The van der Waals surface area contributed by atoms with Crippen LogP contribution in [-0.2, 0) is 4.74 Å². The summed E-state index contributed by atoms with van der Waals surface area (Å²) in [5, 5.41) is 9.91. The van der Waals surface area contributed by atoms with Gasteiger partial charge in [0, 0.05) is 18.7 Å². The smallest absolute Gasteiger partial charge is 0.164 e. The van der Waals surface area contributed by atoms with Crippen LogP contribution in [0.2, 0.25) is 0 Å². The maximum atomic E-state index is 9.91. The Labute approximate surface area is 101 Å². The van der Waals surface area contributed by atoms with Gasteiger partial charge in [0.15, 0.2) is 11.5 Å². The maximum absolute atomic E-state index is 9.91. The summed E-state index contributed by atoms with van der Waals surface area (Å²) in [4.78, 5) is 0. The zero-order chi connectivity index (χ0) is 12.8. The van der Waals surface area contributed by atoms with Crippen molar-refractivity contribution in [3.63, 3.8) is 0 Å². The van der Waals surface area contributed by atoms with E-state index in [1.165, 1.54) is 21.3 Å². The van der Waals surface area contributed by atoms with E-state index in [0.717, 1.165) is 0 Å². The van der Waals surface area contributed by atoms with Crippen LogP contribution in [0.3, 0.4) is 0 Å². The molecule has 1 rings (SSSR count). The molecule has 1 N–H and O–H groups in total. The van der Waals surface area contributed by atoms with Crippen molar-refractivity contribution in [3.8, 4) is 17.2 Å². The fourth-order valence-electron chi connectivity index (χ4n) is 1.56. The van der Waals surface area contributed by atoms with E-state index < -0.39 is 6.10 Å². The third-order valence-electron chi connectivity index (χ3n) is 2.42. The largest absolute Gasteiger partial charge is 0.496 e. The molecule has 96 valence electrons. The van der Waals surface area contributed by atoms with Gasteiger partial charge in [0.2, 0.25) is 0 Å². The lowest BCUT2D eigenvalue weighted by atomic mass is 10.1. The maximum Gasteiger partial charge on any atom is 0.164 e. The van der Waals surface area contributed by atoms with Gasteiger partial charge in [0.1, 0.15) is 11.9 Å². The number of hydrogen-bond acceptors (Lipinski definition) is 5. The van der Waals surface area contributed by atoms with Crippen LogP contribution in [0.25, 0.3) is 0 Å². The summed E-state index contributed by atoms with van der Waals surface area (Å²) < 4.78 is 20.4. The van der Waals surface area contributed by atoms with Crippen molar-refractivity contribution in [2.75, 3.05) is 35.0 Å². The van der Waals surface area contributed by atoms with Crippen LogP contribution in [-0.4, -0.2) is 40.2 Å². The SMILES string of the molecule is COCC(O)c1cc(OC)c(OC)cc1OC. The summed E-state index contributed by atoms with van der Waals surface area (Å²) in [6.45, 7) is 0.186. The molecular formula is C12H18O5. The van der Waals surface area contributed by atoms with Gasteiger partial charge >= 0.3 is 0 Å². The van der Waals surface area contributed by atoms with E-state index in [1.807, 2.05) is 0 Å². The van der Waals surface area contributed by atoms with E-state index in [0.29, 0.717) is 22.8 Å². The summed E-state index contributed by atoms with van der Waals surface area (Å²) in [5.74, 6) is 1.63. The number of benzene rings is 1. The lowest BCUT2D eigenvalue weighted by molar-refractivity contribution is 0.0626. The predicted molar refractivity (Wildman–Crippen MR) is 62.9 cm³/mol. The van der Waals surface area contributed by atoms with E-state index in [1.54, 1.807) is 19.2 Å². The zero-order valence-electron chi connectivity index (χ0n) is 10.5. The summed E-state index contributed by atoms with van der Waals surface area (Å²) >= 11 is 0. The van der Waals surface area contributed by atoms with E-state index in [-0.39, 0.29) is 6.61 Å². The predicted octanol–water partition coefficient (Wildman–Crippen LogP) is 1.39. The average molecular weight is 242 g/mol. The van der Waals surface area contributed by atoms with Gasteiger partial charge in [0.05, 0.1) is 27.9 Å². The minimum absolute atomic E-state index is 0.186. The van der Waals surface area contributed by atoms with Crippen molar-refractivity contribution in [2.45, 2.75) is 6.10 Å². The summed E-state index contributed by atoms with van der Waals surface area (Å²) in [6, 6.07) is 3.36. The Kier molecular flexibility index (Phi) is 5.06. The van der Waals surface area contributed by atoms with E-state index >= 15 is 0 Å². The molecule has 0 saturated heterocycles.